The monoisotopic (exact) mass is 264 g/mol. The summed E-state index contributed by atoms with van der Waals surface area (Å²) in [6.07, 6.45) is -4.92. The average Bonchev–Trinajstić information content (AvgIpc) is 2.34. The molecule has 3 rings (SSSR count). The van der Waals surface area contributed by atoms with E-state index in [4.69, 9.17) is 15.4 Å². The zero-order valence-corrected chi connectivity index (χ0v) is 9.05. The van der Waals surface area contributed by atoms with Crippen molar-refractivity contribution in [1.82, 2.24) is 0 Å². The highest BCUT2D eigenvalue weighted by molar-refractivity contribution is 8.13. The van der Waals surface area contributed by atoms with Crippen molar-refractivity contribution in [1.29, 1.82) is 0 Å². The Morgan fingerprint density at radius 2 is 1.87 bits per heavy atom. The largest absolute Gasteiger partial charge is 0.396 e. The van der Waals surface area contributed by atoms with E-state index >= 15 is 0 Å². The quantitative estimate of drug-likeness (QED) is 0.713. The van der Waals surface area contributed by atoms with Gasteiger partial charge in [-0.05, 0) is 12.8 Å². The van der Waals surface area contributed by atoms with Crippen molar-refractivity contribution >= 4 is 19.7 Å². The summed E-state index contributed by atoms with van der Waals surface area (Å²) in [6.45, 7) is -0.455. The van der Waals surface area contributed by atoms with Crippen LogP contribution in [-0.4, -0.2) is 32.6 Å². The lowest BCUT2D eigenvalue weighted by Gasteiger charge is -2.44. The molecule has 0 unspecified atom stereocenters. The minimum Gasteiger partial charge on any atom is -0.373 e. The number of fused-ring (bicyclic) bond motifs is 1. The number of hydrogen-bond donors (Lipinski definition) is 0. The molecular formula is C7H8ClF3O3S. The maximum atomic E-state index is 12.5. The molecule has 3 fully saturated rings. The smallest absolute Gasteiger partial charge is 0.373 e. The van der Waals surface area contributed by atoms with E-state index in [1.165, 1.54) is 0 Å². The lowest BCUT2D eigenvalue weighted by Crippen LogP contribution is -2.54. The molecule has 0 radical (unpaired) electrons. The average molecular weight is 265 g/mol. The molecule has 3 nitrogen and oxygen atoms in total. The zero-order valence-electron chi connectivity index (χ0n) is 7.47. The predicted octanol–water partition coefficient (Wildman–Crippen LogP) is 1.67. The molecular weight excluding hydrogens is 257 g/mol. The maximum Gasteiger partial charge on any atom is 0.396 e. The first kappa shape index (κ1) is 11.5. The number of rotatable bonds is 2. The molecule has 0 aromatic heterocycles. The van der Waals surface area contributed by atoms with Crippen molar-refractivity contribution in [3.05, 3.63) is 0 Å². The third kappa shape index (κ3) is 1.74. The van der Waals surface area contributed by atoms with Crippen LogP contribution in [0.3, 0.4) is 0 Å². The van der Waals surface area contributed by atoms with Gasteiger partial charge in [-0.3, -0.25) is 0 Å². The van der Waals surface area contributed by atoms with Crippen molar-refractivity contribution in [3.63, 3.8) is 0 Å². The summed E-state index contributed by atoms with van der Waals surface area (Å²) in [5.74, 6) is -0.542. The molecule has 0 spiro atoms. The molecule has 0 amide bonds. The Morgan fingerprint density at radius 1 is 1.33 bits per heavy atom. The highest BCUT2D eigenvalue weighted by Crippen LogP contribution is 2.65. The topological polar surface area (TPSA) is 43.4 Å². The van der Waals surface area contributed by atoms with Gasteiger partial charge in [0.2, 0.25) is 9.05 Å². The molecule has 3 aliphatic rings. The Balaban J connectivity index is 2.12. The molecule has 0 N–H and O–H groups in total. The summed E-state index contributed by atoms with van der Waals surface area (Å²) in [6, 6.07) is 0. The van der Waals surface area contributed by atoms with E-state index in [1.807, 2.05) is 0 Å². The summed E-state index contributed by atoms with van der Waals surface area (Å²) in [7, 11) is 1.18. The second-order valence-corrected chi connectivity index (χ2v) is 7.06. The molecule has 1 aliphatic carbocycles. The molecule has 0 atom stereocenters. The molecule has 2 bridgehead atoms. The highest BCUT2D eigenvalue weighted by Gasteiger charge is 2.74. The molecule has 8 heteroatoms. The minimum atomic E-state index is -4.33. The van der Waals surface area contributed by atoms with Gasteiger partial charge in [-0.25, -0.2) is 8.42 Å². The number of halogens is 4. The van der Waals surface area contributed by atoms with Gasteiger partial charge < -0.3 is 4.74 Å². The van der Waals surface area contributed by atoms with E-state index in [0.717, 1.165) is 0 Å². The SMILES string of the molecule is O=S(=O)(Cl)CC12CC(C(F)(F)F)(CO1)C2. The number of alkyl halides is 3. The number of hydrogen-bond acceptors (Lipinski definition) is 3. The summed E-state index contributed by atoms with van der Waals surface area (Å²) < 4.78 is 64.1. The van der Waals surface area contributed by atoms with Crippen molar-refractivity contribution in [3.8, 4) is 0 Å². The van der Waals surface area contributed by atoms with Gasteiger partial charge in [-0.2, -0.15) is 13.2 Å². The fourth-order valence-corrected chi connectivity index (χ4v) is 3.93. The van der Waals surface area contributed by atoms with Gasteiger partial charge in [-0.15, -0.1) is 0 Å². The zero-order chi connectivity index (χ0) is 11.5. The van der Waals surface area contributed by atoms with Gasteiger partial charge in [0.05, 0.1) is 23.4 Å². The van der Waals surface area contributed by atoms with Crippen LogP contribution in [0.4, 0.5) is 13.2 Å². The Kier molecular flexibility index (Phi) is 2.15. The highest BCUT2D eigenvalue weighted by atomic mass is 35.7. The van der Waals surface area contributed by atoms with E-state index in [-0.39, 0.29) is 12.8 Å². The second kappa shape index (κ2) is 2.81. The first-order chi connectivity index (χ1) is 6.58. The predicted molar refractivity (Wildman–Crippen MR) is 46.0 cm³/mol. The van der Waals surface area contributed by atoms with Crippen LogP contribution in [0.1, 0.15) is 12.8 Å². The molecule has 1 saturated carbocycles. The van der Waals surface area contributed by atoms with Gasteiger partial charge in [0.25, 0.3) is 0 Å². The minimum absolute atomic E-state index is 0.296. The summed E-state index contributed by atoms with van der Waals surface area (Å²) in [5, 5.41) is 0. The summed E-state index contributed by atoms with van der Waals surface area (Å²) in [4.78, 5) is 0. The molecule has 15 heavy (non-hydrogen) atoms. The van der Waals surface area contributed by atoms with Gasteiger partial charge in [-0.1, -0.05) is 0 Å². The van der Waals surface area contributed by atoms with E-state index in [1.54, 1.807) is 0 Å². The molecule has 2 saturated heterocycles. The van der Waals surface area contributed by atoms with Crippen molar-refractivity contribution in [2.75, 3.05) is 12.4 Å². The lowest BCUT2D eigenvalue weighted by molar-refractivity contribution is -0.241. The third-order valence-corrected chi connectivity index (χ3v) is 4.21. The maximum absolute atomic E-state index is 12.5. The summed E-state index contributed by atoms with van der Waals surface area (Å²) in [5.41, 5.74) is -3.04. The molecule has 88 valence electrons. The molecule has 0 aromatic rings. The Bertz CT molecular complexity index is 383. The first-order valence-electron chi connectivity index (χ1n) is 4.21. The van der Waals surface area contributed by atoms with Crippen LogP contribution < -0.4 is 0 Å². The van der Waals surface area contributed by atoms with Crippen LogP contribution in [-0.2, 0) is 13.8 Å². The second-order valence-electron chi connectivity index (χ2n) is 4.29. The molecule has 0 aromatic carbocycles. The van der Waals surface area contributed by atoms with Crippen LogP contribution in [0.5, 0.6) is 0 Å². The molecule has 2 aliphatic heterocycles. The lowest BCUT2D eigenvalue weighted by atomic mass is 9.63. The van der Waals surface area contributed by atoms with Crippen LogP contribution in [0, 0.1) is 5.41 Å². The standard InChI is InChI=1S/C7H8ClF3O3S/c8-15(12,13)4-6-1-5(2-6,3-14-6)7(9,10)11/h1-4H2. The van der Waals surface area contributed by atoms with E-state index in [9.17, 15) is 21.6 Å². The summed E-state index contributed by atoms with van der Waals surface area (Å²) >= 11 is 0. The van der Waals surface area contributed by atoms with E-state index in [0.29, 0.717) is 0 Å². The van der Waals surface area contributed by atoms with Crippen molar-refractivity contribution in [2.24, 2.45) is 5.41 Å². The van der Waals surface area contributed by atoms with Crippen LogP contribution >= 0.6 is 10.7 Å². The Morgan fingerprint density at radius 3 is 2.20 bits per heavy atom. The first-order valence-corrected chi connectivity index (χ1v) is 6.69. The molecule has 2 heterocycles. The van der Waals surface area contributed by atoms with E-state index < -0.39 is 38.6 Å². The van der Waals surface area contributed by atoms with Gasteiger partial charge in [0.15, 0.2) is 0 Å². The van der Waals surface area contributed by atoms with Crippen molar-refractivity contribution < 1.29 is 26.3 Å². The van der Waals surface area contributed by atoms with Gasteiger partial charge in [0, 0.05) is 10.7 Å². The Labute approximate surface area is 89.0 Å². The fraction of sp³-hybridized carbons (Fsp3) is 1.00. The van der Waals surface area contributed by atoms with Gasteiger partial charge in [0.1, 0.15) is 0 Å². The van der Waals surface area contributed by atoms with Crippen LogP contribution in [0.15, 0.2) is 0 Å². The normalized spacial score (nSPS) is 40.3. The van der Waals surface area contributed by atoms with Crippen LogP contribution in [0.25, 0.3) is 0 Å². The number of ether oxygens (including phenoxy) is 1. The van der Waals surface area contributed by atoms with Crippen molar-refractivity contribution in [2.45, 2.75) is 24.6 Å². The Hall–Kier alpha value is -0.0100. The third-order valence-electron chi connectivity index (χ3n) is 3.01. The fourth-order valence-electron chi connectivity index (χ4n) is 2.42. The van der Waals surface area contributed by atoms with Gasteiger partial charge >= 0.3 is 6.18 Å². The van der Waals surface area contributed by atoms with Crippen LogP contribution in [0.2, 0.25) is 0 Å². The van der Waals surface area contributed by atoms with E-state index in [2.05, 4.69) is 0 Å².